The quantitative estimate of drug-likeness (QED) is 0.529. The Balaban J connectivity index is 2.11. The molecule has 2 N–H and O–H groups in total. The van der Waals surface area contributed by atoms with E-state index >= 15 is 0 Å². The molecule has 0 saturated carbocycles. The van der Waals surface area contributed by atoms with Gasteiger partial charge in [0.05, 0.1) is 24.0 Å². The zero-order valence-electron chi connectivity index (χ0n) is 16.1. The smallest absolute Gasteiger partial charge is 0.293 e. The van der Waals surface area contributed by atoms with E-state index in [0.29, 0.717) is 22.6 Å². The second-order valence-electron chi connectivity index (χ2n) is 6.37. The van der Waals surface area contributed by atoms with Gasteiger partial charge in [-0.15, -0.1) is 0 Å². The number of hydrogen-bond acceptors (Lipinski definition) is 8. The molecule has 0 saturated heterocycles. The fraction of sp³-hybridized carbons (Fsp3) is 0.333. The fourth-order valence-electron chi connectivity index (χ4n) is 3.46. The standard InChI is InChI=1S/C18H21N3O7S/c1-19-29(25,26)11-4-5-13(14(8-11)21(23)24)20-9-12-16(27-2)6-7-17(28-3)18(12)15(22)10-20/h4-8,15,19,22H,9-10H2,1-3H3. The summed E-state index contributed by atoms with van der Waals surface area (Å²) in [6.45, 7) is 0.279. The van der Waals surface area contributed by atoms with E-state index in [9.17, 15) is 23.6 Å². The molecule has 0 fully saturated rings. The van der Waals surface area contributed by atoms with Crippen molar-refractivity contribution in [3.63, 3.8) is 0 Å². The summed E-state index contributed by atoms with van der Waals surface area (Å²) in [5.74, 6) is 1.01. The van der Waals surface area contributed by atoms with Crippen LogP contribution in [-0.4, -0.2) is 46.3 Å². The first-order chi connectivity index (χ1) is 13.7. The van der Waals surface area contributed by atoms with Crippen molar-refractivity contribution >= 4 is 21.4 Å². The van der Waals surface area contributed by atoms with E-state index < -0.39 is 21.1 Å². The van der Waals surface area contributed by atoms with Gasteiger partial charge in [-0.05, 0) is 31.3 Å². The highest BCUT2D eigenvalue weighted by Gasteiger charge is 2.33. The van der Waals surface area contributed by atoms with Gasteiger partial charge in [-0.2, -0.15) is 0 Å². The van der Waals surface area contributed by atoms with Crippen molar-refractivity contribution in [3.8, 4) is 11.5 Å². The van der Waals surface area contributed by atoms with Gasteiger partial charge in [0.25, 0.3) is 5.69 Å². The van der Waals surface area contributed by atoms with Crippen molar-refractivity contribution in [1.82, 2.24) is 4.72 Å². The van der Waals surface area contributed by atoms with Crippen LogP contribution in [0.2, 0.25) is 0 Å². The summed E-state index contributed by atoms with van der Waals surface area (Å²) in [7, 11) is 0.375. The Labute approximate surface area is 167 Å². The summed E-state index contributed by atoms with van der Waals surface area (Å²) in [6, 6.07) is 7.05. The monoisotopic (exact) mass is 423 g/mol. The molecule has 0 bridgehead atoms. The Hall–Kier alpha value is -2.89. The minimum Gasteiger partial charge on any atom is -0.496 e. The number of aliphatic hydroxyl groups is 1. The summed E-state index contributed by atoms with van der Waals surface area (Å²) >= 11 is 0. The highest BCUT2D eigenvalue weighted by atomic mass is 32.2. The van der Waals surface area contributed by atoms with E-state index in [-0.39, 0.29) is 29.4 Å². The molecular weight excluding hydrogens is 402 g/mol. The highest BCUT2D eigenvalue weighted by Crippen LogP contribution is 2.42. The molecule has 1 aliphatic rings. The number of methoxy groups -OCH3 is 2. The van der Waals surface area contributed by atoms with Crippen LogP contribution in [0.1, 0.15) is 17.2 Å². The number of aliphatic hydroxyl groups excluding tert-OH is 1. The number of anilines is 1. The van der Waals surface area contributed by atoms with Crippen molar-refractivity contribution in [3.05, 3.63) is 51.6 Å². The van der Waals surface area contributed by atoms with Gasteiger partial charge in [0.2, 0.25) is 10.0 Å². The number of sulfonamides is 1. The fourth-order valence-corrected chi connectivity index (χ4v) is 4.21. The van der Waals surface area contributed by atoms with Gasteiger partial charge in [-0.3, -0.25) is 10.1 Å². The van der Waals surface area contributed by atoms with E-state index in [1.165, 1.54) is 33.4 Å². The van der Waals surface area contributed by atoms with Gasteiger partial charge in [0.15, 0.2) is 0 Å². The minimum absolute atomic E-state index is 0.0650. The number of benzene rings is 2. The number of β-amino-alcohol motifs (C(OH)–C–C–N with tert-alkyl or cyclic N) is 1. The largest absolute Gasteiger partial charge is 0.496 e. The predicted molar refractivity (Wildman–Crippen MR) is 105 cm³/mol. The van der Waals surface area contributed by atoms with Gasteiger partial charge < -0.3 is 19.5 Å². The van der Waals surface area contributed by atoms with Crippen molar-refractivity contribution < 1.29 is 27.9 Å². The van der Waals surface area contributed by atoms with Crippen LogP contribution in [0.4, 0.5) is 11.4 Å². The number of nitrogens with one attached hydrogen (secondary N) is 1. The van der Waals surface area contributed by atoms with Crippen LogP contribution in [-0.2, 0) is 16.6 Å². The van der Waals surface area contributed by atoms with Crippen LogP contribution in [0.5, 0.6) is 11.5 Å². The lowest BCUT2D eigenvalue weighted by atomic mass is 9.94. The Kier molecular flexibility index (Phi) is 5.64. The SMILES string of the molecule is CNS(=O)(=O)c1ccc(N2Cc3c(OC)ccc(OC)c3C(O)C2)c([N+](=O)[O-])c1. The molecule has 1 heterocycles. The van der Waals surface area contributed by atoms with Gasteiger partial charge in [0.1, 0.15) is 23.3 Å². The number of hydrogen-bond donors (Lipinski definition) is 2. The first kappa shape index (κ1) is 20.8. The lowest BCUT2D eigenvalue weighted by Crippen LogP contribution is -2.34. The van der Waals surface area contributed by atoms with E-state index in [4.69, 9.17) is 9.47 Å². The molecule has 1 aliphatic heterocycles. The van der Waals surface area contributed by atoms with Crippen LogP contribution in [0.25, 0.3) is 0 Å². The molecule has 0 amide bonds. The maximum absolute atomic E-state index is 12.0. The summed E-state index contributed by atoms with van der Waals surface area (Å²) in [6.07, 6.45) is -0.982. The molecule has 0 aromatic heterocycles. The molecule has 1 unspecified atom stereocenters. The maximum Gasteiger partial charge on any atom is 0.293 e. The predicted octanol–water partition coefficient (Wildman–Crippen LogP) is 1.57. The third-order valence-corrected chi connectivity index (χ3v) is 6.26. The van der Waals surface area contributed by atoms with E-state index in [0.717, 1.165) is 6.07 Å². The Morgan fingerprint density at radius 1 is 1.21 bits per heavy atom. The first-order valence-electron chi connectivity index (χ1n) is 8.62. The number of nitro benzene ring substituents is 1. The summed E-state index contributed by atoms with van der Waals surface area (Å²) in [5, 5.41) is 22.4. The molecule has 29 heavy (non-hydrogen) atoms. The van der Waals surface area contributed by atoms with Crippen LogP contribution >= 0.6 is 0 Å². The molecule has 10 nitrogen and oxygen atoms in total. The zero-order valence-corrected chi connectivity index (χ0v) is 16.9. The number of fused-ring (bicyclic) bond motifs is 1. The Bertz CT molecular complexity index is 1060. The van der Waals surface area contributed by atoms with E-state index in [1.807, 2.05) is 0 Å². The molecule has 2 aromatic rings. The molecule has 1 atom stereocenters. The lowest BCUT2D eigenvalue weighted by molar-refractivity contribution is -0.384. The molecule has 156 valence electrons. The number of rotatable bonds is 6. The van der Waals surface area contributed by atoms with E-state index in [1.54, 1.807) is 17.0 Å². The Morgan fingerprint density at radius 2 is 1.86 bits per heavy atom. The average Bonchev–Trinajstić information content (AvgIpc) is 2.72. The summed E-state index contributed by atoms with van der Waals surface area (Å²) in [5.41, 5.74) is 1.03. The van der Waals surface area contributed by atoms with Crippen LogP contribution in [0, 0.1) is 10.1 Å². The number of ether oxygens (including phenoxy) is 2. The Morgan fingerprint density at radius 3 is 2.45 bits per heavy atom. The summed E-state index contributed by atoms with van der Waals surface area (Å²) in [4.78, 5) is 12.4. The second kappa shape index (κ2) is 7.85. The molecule has 0 spiro atoms. The molecule has 2 aromatic carbocycles. The molecule has 0 radical (unpaired) electrons. The van der Waals surface area contributed by atoms with Gasteiger partial charge in [0, 0.05) is 30.3 Å². The van der Waals surface area contributed by atoms with Crippen molar-refractivity contribution in [1.29, 1.82) is 0 Å². The second-order valence-corrected chi connectivity index (χ2v) is 8.26. The van der Waals surface area contributed by atoms with E-state index in [2.05, 4.69) is 4.72 Å². The highest BCUT2D eigenvalue weighted by molar-refractivity contribution is 7.89. The zero-order chi connectivity index (χ0) is 21.3. The van der Waals surface area contributed by atoms with Gasteiger partial charge in [-0.1, -0.05) is 0 Å². The number of nitro groups is 1. The average molecular weight is 423 g/mol. The maximum atomic E-state index is 12.0. The lowest BCUT2D eigenvalue weighted by Gasteiger charge is -2.35. The molecule has 11 heteroatoms. The van der Waals surface area contributed by atoms with Crippen LogP contribution < -0.4 is 19.1 Å². The first-order valence-corrected chi connectivity index (χ1v) is 10.1. The molecular formula is C18H21N3O7S. The third-order valence-electron chi connectivity index (χ3n) is 4.85. The topological polar surface area (TPSA) is 131 Å². The molecule has 0 aliphatic carbocycles. The van der Waals surface area contributed by atoms with Gasteiger partial charge >= 0.3 is 0 Å². The van der Waals surface area contributed by atoms with Crippen molar-refractivity contribution in [2.75, 3.05) is 32.7 Å². The van der Waals surface area contributed by atoms with Gasteiger partial charge in [-0.25, -0.2) is 13.1 Å². The van der Waals surface area contributed by atoms with Crippen LogP contribution in [0.3, 0.4) is 0 Å². The van der Waals surface area contributed by atoms with Crippen molar-refractivity contribution in [2.24, 2.45) is 0 Å². The van der Waals surface area contributed by atoms with Crippen molar-refractivity contribution in [2.45, 2.75) is 17.5 Å². The van der Waals surface area contributed by atoms with Crippen LogP contribution in [0.15, 0.2) is 35.2 Å². The molecule has 3 rings (SSSR count). The minimum atomic E-state index is -3.84. The third kappa shape index (κ3) is 3.71. The number of nitrogens with zero attached hydrogens (tertiary/aromatic N) is 2. The normalized spacial score (nSPS) is 16.3. The summed E-state index contributed by atoms with van der Waals surface area (Å²) < 4.78 is 36.9.